The van der Waals surface area contributed by atoms with Crippen molar-refractivity contribution in [3.05, 3.63) is 59.2 Å². The molecule has 1 unspecified atom stereocenters. The fourth-order valence-corrected chi connectivity index (χ4v) is 4.74. The quantitative estimate of drug-likeness (QED) is 0.757. The molecule has 2 aliphatic heterocycles. The van der Waals surface area contributed by atoms with Crippen LogP contribution in [0.5, 0.6) is 5.75 Å². The van der Waals surface area contributed by atoms with Gasteiger partial charge in [0.15, 0.2) is 9.84 Å². The minimum Gasteiger partial charge on any atom is -0.463 e. The van der Waals surface area contributed by atoms with Crippen molar-refractivity contribution in [2.75, 3.05) is 18.2 Å². The third-order valence-electron chi connectivity index (χ3n) is 5.72. The predicted molar refractivity (Wildman–Crippen MR) is 105 cm³/mol. The van der Waals surface area contributed by atoms with E-state index in [1.807, 2.05) is 36.2 Å². The van der Waals surface area contributed by atoms with Crippen molar-refractivity contribution in [1.82, 2.24) is 0 Å². The molecule has 0 saturated heterocycles. The number of benzene rings is 2. The van der Waals surface area contributed by atoms with E-state index in [2.05, 4.69) is 19.9 Å². The number of likely N-dealkylation sites (N-methyl/N-ethyl adjacent to an activating group) is 1. The van der Waals surface area contributed by atoms with Crippen molar-refractivity contribution in [3.8, 4) is 11.8 Å². The Hall–Kier alpha value is -2.78. The summed E-state index contributed by atoms with van der Waals surface area (Å²) in [5.41, 5.74) is 2.02. The molecule has 0 amide bonds. The molecule has 4 rings (SSSR count). The lowest BCUT2D eigenvalue weighted by molar-refractivity contribution is 0.0581. The Morgan fingerprint density at radius 1 is 1.15 bits per heavy atom. The van der Waals surface area contributed by atoms with Crippen LogP contribution in [0.1, 0.15) is 30.5 Å². The number of fused-ring (bicyclic) bond motifs is 2. The Kier molecular flexibility index (Phi) is 3.50. The lowest BCUT2D eigenvalue weighted by atomic mass is 9.76. The van der Waals surface area contributed by atoms with Gasteiger partial charge in [-0.05, 0) is 68.0 Å². The topological polar surface area (TPSA) is 70.4 Å². The van der Waals surface area contributed by atoms with Crippen LogP contribution in [0.25, 0.3) is 6.08 Å². The molecule has 6 heteroatoms. The van der Waals surface area contributed by atoms with Gasteiger partial charge in [0.2, 0.25) is 5.72 Å². The maximum atomic E-state index is 12.0. The smallest absolute Gasteiger partial charge is 0.211 e. The number of nitriles is 1. The third kappa shape index (κ3) is 2.31. The molecule has 0 radical (unpaired) electrons. The van der Waals surface area contributed by atoms with Crippen LogP contribution < -0.4 is 9.64 Å². The molecule has 0 fully saturated rings. The lowest BCUT2D eigenvalue weighted by Gasteiger charge is -2.45. The molecule has 5 nitrogen and oxygen atoms in total. The number of rotatable bonds is 1. The Labute approximate surface area is 159 Å². The first-order chi connectivity index (χ1) is 12.6. The normalized spacial score (nSPS) is 22.1. The number of anilines is 1. The van der Waals surface area contributed by atoms with Gasteiger partial charge in [0.25, 0.3) is 0 Å². The Morgan fingerprint density at radius 3 is 2.56 bits per heavy atom. The van der Waals surface area contributed by atoms with Crippen molar-refractivity contribution in [2.24, 2.45) is 0 Å². The second-order valence-corrected chi connectivity index (χ2v) is 9.65. The summed E-state index contributed by atoms with van der Waals surface area (Å²) in [5, 5.41) is 9.11. The van der Waals surface area contributed by atoms with Crippen LogP contribution in [-0.2, 0) is 15.3 Å². The van der Waals surface area contributed by atoms with Crippen LogP contribution in [0, 0.1) is 11.3 Å². The van der Waals surface area contributed by atoms with Gasteiger partial charge in [-0.25, -0.2) is 8.42 Å². The minimum atomic E-state index is -3.30. The largest absolute Gasteiger partial charge is 0.463 e. The van der Waals surface area contributed by atoms with Gasteiger partial charge in [0.1, 0.15) is 5.75 Å². The molecule has 0 aliphatic carbocycles. The maximum absolute atomic E-state index is 12.0. The van der Waals surface area contributed by atoms with Crippen LogP contribution >= 0.6 is 0 Å². The number of sulfone groups is 1. The van der Waals surface area contributed by atoms with Crippen molar-refractivity contribution in [2.45, 2.75) is 29.9 Å². The fraction of sp³-hybridized carbons (Fsp3) is 0.286. The average molecular weight is 380 g/mol. The van der Waals surface area contributed by atoms with E-state index in [4.69, 9.17) is 10.00 Å². The lowest BCUT2D eigenvalue weighted by Crippen LogP contribution is -2.58. The Bertz CT molecular complexity index is 1140. The SMILES string of the molecule is CN1c2ccc(S(C)(=O)=O)cc2C(C)(C)C12C=Cc1cc(C#N)ccc1O2. The third-order valence-corrected chi connectivity index (χ3v) is 6.83. The van der Waals surface area contributed by atoms with Crippen LogP contribution in [0.4, 0.5) is 5.69 Å². The Morgan fingerprint density at radius 2 is 1.89 bits per heavy atom. The molecular formula is C21H20N2O3S. The van der Waals surface area contributed by atoms with Crippen molar-refractivity contribution >= 4 is 21.6 Å². The predicted octanol–water partition coefficient (Wildman–Crippen LogP) is 3.49. The van der Waals surface area contributed by atoms with Crippen LogP contribution in [0.2, 0.25) is 0 Å². The highest BCUT2D eigenvalue weighted by molar-refractivity contribution is 7.90. The monoisotopic (exact) mass is 380 g/mol. The molecule has 27 heavy (non-hydrogen) atoms. The molecule has 138 valence electrons. The van der Waals surface area contributed by atoms with Gasteiger partial charge < -0.3 is 9.64 Å². The summed E-state index contributed by atoms with van der Waals surface area (Å²) in [6.45, 7) is 4.11. The summed E-state index contributed by atoms with van der Waals surface area (Å²) in [4.78, 5) is 2.35. The van der Waals surface area contributed by atoms with E-state index in [0.29, 0.717) is 16.2 Å². The number of hydrogen-bond donors (Lipinski definition) is 0. The van der Waals surface area contributed by atoms with Gasteiger partial charge in [-0.15, -0.1) is 0 Å². The first-order valence-corrected chi connectivity index (χ1v) is 10.5. The first kappa shape index (κ1) is 17.6. The summed E-state index contributed by atoms with van der Waals surface area (Å²) in [6.07, 6.45) is 5.19. The molecule has 0 N–H and O–H groups in total. The molecule has 2 aromatic carbocycles. The summed E-state index contributed by atoms with van der Waals surface area (Å²) >= 11 is 0. The van der Waals surface area contributed by atoms with E-state index in [1.54, 1.807) is 24.3 Å². The van der Waals surface area contributed by atoms with Gasteiger partial charge in [0.05, 0.1) is 21.9 Å². The van der Waals surface area contributed by atoms with E-state index in [9.17, 15) is 8.42 Å². The molecule has 2 aromatic rings. The summed E-state index contributed by atoms with van der Waals surface area (Å²) < 4.78 is 30.6. The highest BCUT2D eigenvalue weighted by Gasteiger charge is 2.57. The van der Waals surface area contributed by atoms with Gasteiger partial charge in [-0.3, -0.25) is 0 Å². The Balaban J connectivity index is 1.87. The minimum absolute atomic E-state index is 0.304. The number of ether oxygens (including phenoxy) is 1. The van der Waals surface area contributed by atoms with E-state index < -0.39 is 21.0 Å². The average Bonchev–Trinajstić information content (AvgIpc) is 2.79. The first-order valence-electron chi connectivity index (χ1n) is 8.61. The molecular weight excluding hydrogens is 360 g/mol. The van der Waals surface area contributed by atoms with Gasteiger partial charge in [0, 0.05) is 24.6 Å². The zero-order valence-corrected chi connectivity index (χ0v) is 16.5. The van der Waals surface area contributed by atoms with Crippen LogP contribution in [0.15, 0.2) is 47.4 Å². The molecule has 0 aromatic heterocycles. The summed E-state index contributed by atoms with van der Waals surface area (Å²) in [6, 6.07) is 12.7. The van der Waals surface area contributed by atoms with E-state index >= 15 is 0 Å². The van der Waals surface area contributed by atoms with Gasteiger partial charge in [-0.2, -0.15) is 5.26 Å². The van der Waals surface area contributed by atoms with Crippen LogP contribution in [-0.4, -0.2) is 27.4 Å². The van der Waals surface area contributed by atoms with E-state index in [0.717, 1.165) is 16.8 Å². The molecule has 2 heterocycles. The van der Waals surface area contributed by atoms with Crippen LogP contribution in [0.3, 0.4) is 0 Å². The highest BCUT2D eigenvalue weighted by Crippen LogP contribution is 2.54. The second-order valence-electron chi connectivity index (χ2n) is 7.63. The van der Waals surface area contributed by atoms with Crippen molar-refractivity contribution in [3.63, 3.8) is 0 Å². The molecule has 1 atom stereocenters. The van der Waals surface area contributed by atoms with E-state index in [1.165, 1.54) is 6.26 Å². The van der Waals surface area contributed by atoms with Crippen molar-refractivity contribution < 1.29 is 13.2 Å². The molecule has 2 aliphatic rings. The molecule has 0 saturated carbocycles. The van der Waals surface area contributed by atoms with Gasteiger partial charge in [-0.1, -0.05) is 0 Å². The summed E-state index contributed by atoms with van der Waals surface area (Å²) in [7, 11) is -1.35. The van der Waals surface area contributed by atoms with Gasteiger partial charge >= 0.3 is 0 Å². The zero-order valence-electron chi connectivity index (χ0n) is 15.6. The number of nitrogens with zero attached hydrogens (tertiary/aromatic N) is 2. The standard InChI is InChI=1S/C21H20N2O3S/c1-20(2)17-12-16(27(4,24)25)6-7-18(17)23(3)21(20)10-9-15-11-14(13-22)5-8-19(15)26-21/h5-12H,1-4H3. The molecule has 1 spiro atoms. The second kappa shape index (κ2) is 5.37. The zero-order chi connectivity index (χ0) is 19.6. The molecule has 0 bridgehead atoms. The highest BCUT2D eigenvalue weighted by atomic mass is 32.2. The maximum Gasteiger partial charge on any atom is 0.211 e. The number of hydrogen-bond acceptors (Lipinski definition) is 5. The fourth-order valence-electron chi connectivity index (χ4n) is 4.09. The summed E-state index contributed by atoms with van der Waals surface area (Å²) in [5.74, 6) is 0.701. The van der Waals surface area contributed by atoms with Crippen molar-refractivity contribution in [1.29, 1.82) is 5.26 Å². The van der Waals surface area contributed by atoms with E-state index in [-0.39, 0.29) is 0 Å².